The van der Waals surface area contributed by atoms with Crippen molar-refractivity contribution >= 4 is 29.0 Å². The zero-order chi connectivity index (χ0) is 28.3. The van der Waals surface area contributed by atoms with E-state index in [1.54, 1.807) is 41.5 Å². The number of hydrogen-bond acceptors (Lipinski definition) is 9. The maximum Gasteiger partial charge on any atom is 0.387 e. The first kappa shape index (κ1) is 26.8. The third-order valence-corrected chi connectivity index (χ3v) is 7.48. The number of anilines is 1. The molecular formula is C26H26F2N10O2S. The van der Waals surface area contributed by atoms with Crippen molar-refractivity contribution in [3.05, 3.63) is 66.5 Å². The van der Waals surface area contributed by atoms with Gasteiger partial charge in [0.05, 0.1) is 30.7 Å². The Bertz CT molecular complexity index is 1680. The molecular weight excluding hydrogens is 554 g/mol. The molecule has 41 heavy (non-hydrogen) atoms. The Morgan fingerprint density at radius 1 is 1.27 bits per heavy atom. The van der Waals surface area contributed by atoms with Crippen LogP contribution in [-0.2, 0) is 6.54 Å². The van der Waals surface area contributed by atoms with Gasteiger partial charge in [-0.1, -0.05) is 5.21 Å². The summed E-state index contributed by atoms with van der Waals surface area (Å²) in [7, 11) is 0. The number of carbonyl (C=O) groups is 1. The van der Waals surface area contributed by atoms with Gasteiger partial charge in [-0.3, -0.25) is 9.48 Å². The van der Waals surface area contributed by atoms with Gasteiger partial charge < -0.3 is 15.4 Å². The lowest BCUT2D eigenvalue weighted by molar-refractivity contribution is -0.0494. The van der Waals surface area contributed by atoms with Crippen molar-refractivity contribution in [2.24, 2.45) is 0 Å². The van der Waals surface area contributed by atoms with Crippen LogP contribution in [0.1, 0.15) is 34.9 Å². The highest BCUT2D eigenvalue weighted by Crippen LogP contribution is 2.38. The molecule has 0 aliphatic carbocycles. The Kier molecular flexibility index (Phi) is 7.61. The minimum absolute atomic E-state index is 0.0620. The van der Waals surface area contributed by atoms with Crippen molar-refractivity contribution in [3.8, 4) is 17.0 Å². The molecule has 6 rings (SSSR count). The molecule has 15 heteroatoms. The molecule has 1 aromatic carbocycles. The van der Waals surface area contributed by atoms with Crippen LogP contribution in [0.15, 0.2) is 60.1 Å². The predicted molar refractivity (Wildman–Crippen MR) is 147 cm³/mol. The summed E-state index contributed by atoms with van der Waals surface area (Å²) >= 11 is 1.44. The van der Waals surface area contributed by atoms with Crippen LogP contribution >= 0.6 is 11.8 Å². The molecule has 5 heterocycles. The Balaban J connectivity index is 1.36. The number of fused-ring (bicyclic) bond motifs is 1. The van der Waals surface area contributed by atoms with Gasteiger partial charge in [-0.15, -0.1) is 16.9 Å². The lowest BCUT2D eigenvalue weighted by atomic mass is 10.1. The number of nitrogens with one attached hydrogen (secondary N) is 2. The van der Waals surface area contributed by atoms with E-state index in [1.165, 1.54) is 28.5 Å². The number of hydrogen-bond donors (Lipinski definition) is 2. The van der Waals surface area contributed by atoms with Gasteiger partial charge in [-0.05, 0) is 56.5 Å². The highest BCUT2D eigenvalue weighted by Gasteiger charge is 2.23. The lowest BCUT2D eigenvalue weighted by Crippen LogP contribution is -2.29. The molecule has 1 aliphatic heterocycles. The van der Waals surface area contributed by atoms with Crippen LogP contribution in [0.25, 0.3) is 16.9 Å². The van der Waals surface area contributed by atoms with Crippen LogP contribution in [0, 0.1) is 0 Å². The normalized spacial score (nSPS) is 14.1. The van der Waals surface area contributed by atoms with Crippen LogP contribution < -0.4 is 15.4 Å². The number of amides is 1. The van der Waals surface area contributed by atoms with Crippen molar-refractivity contribution in [1.29, 1.82) is 0 Å². The molecule has 0 atom stereocenters. The van der Waals surface area contributed by atoms with Gasteiger partial charge >= 0.3 is 6.61 Å². The monoisotopic (exact) mass is 580 g/mol. The minimum atomic E-state index is -3.04. The summed E-state index contributed by atoms with van der Waals surface area (Å²) in [6.07, 6.45) is 12.0. The number of piperidine rings is 1. The average Bonchev–Trinajstić information content (AvgIpc) is 3.72. The van der Waals surface area contributed by atoms with Gasteiger partial charge in [0.15, 0.2) is 5.65 Å². The molecule has 1 saturated heterocycles. The topological polar surface area (TPSA) is 129 Å². The molecule has 5 aromatic rings. The summed E-state index contributed by atoms with van der Waals surface area (Å²) in [6.45, 7) is -0.944. The van der Waals surface area contributed by atoms with E-state index >= 15 is 0 Å². The van der Waals surface area contributed by atoms with Gasteiger partial charge in [0.2, 0.25) is 0 Å². The molecule has 12 nitrogen and oxygen atoms in total. The number of ether oxygens (including phenoxy) is 1. The highest BCUT2D eigenvalue weighted by molar-refractivity contribution is 7.98. The fourth-order valence-electron chi connectivity index (χ4n) is 4.79. The third kappa shape index (κ3) is 5.76. The Morgan fingerprint density at radius 2 is 2.12 bits per heavy atom. The van der Waals surface area contributed by atoms with Crippen LogP contribution in [0.3, 0.4) is 0 Å². The molecule has 4 aromatic heterocycles. The first-order valence-electron chi connectivity index (χ1n) is 12.9. The van der Waals surface area contributed by atoms with E-state index in [-0.39, 0.29) is 29.6 Å². The second-order valence-electron chi connectivity index (χ2n) is 9.40. The number of rotatable bonds is 9. The third-order valence-electron chi connectivity index (χ3n) is 6.76. The quantitative estimate of drug-likeness (QED) is 0.251. The van der Waals surface area contributed by atoms with E-state index < -0.39 is 12.5 Å². The second kappa shape index (κ2) is 11.6. The summed E-state index contributed by atoms with van der Waals surface area (Å²) in [5.41, 5.74) is 2.16. The van der Waals surface area contributed by atoms with E-state index in [0.29, 0.717) is 22.6 Å². The smallest absolute Gasteiger partial charge is 0.387 e. The number of aromatic nitrogens is 8. The van der Waals surface area contributed by atoms with Crippen molar-refractivity contribution in [2.45, 2.75) is 36.9 Å². The van der Waals surface area contributed by atoms with E-state index in [0.717, 1.165) is 30.8 Å². The lowest BCUT2D eigenvalue weighted by Gasteiger charge is -2.22. The van der Waals surface area contributed by atoms with E-state index in [2.05, 4.69) is 36.1 Å². The fourth-order valence-corrected chi connectivity index (χ4v) is 5.23. The van der Waals surface area contributed by atoms with Crippen LogP contribution in [0.5, 0.6) is 5.75 Å². The molecule has 0 spiro atoms. The number of benzene rings is 1. The molecule has 0 bridgehead atoms. The minimum Gasteiger partial charge on any atom is -0.434 e. The van der Waals surface area contributed by atoms with Gasteiger partial charge in [0.1, 0.15) is 22.7 Å². The van der Waals surface area contributed by atoms with Gasteiger partial charge in [0, 0.05) is 29.0 Å². The standard InChI is InChI=1S/C26H26F2N10O2S/c1-41-18-3-4-22(40-26(27)28)19(11-18)23-21(32-25(39)20-12-31-37-10-2-7-30-24(20)37)15-36(34-23)13-16-14-38(35-33-16)17-5-8-29-9-6-17/h2-4,7,10-12,14-15,17,26,29H,5-6,8-9,13H2,1H3,(H,32,39). The Morgan fingerprint density at radius 3 is 2.93 bits per heavy atom. The molecule has 212 valence electrons. The summed E-state index contributed by atoms with van der Waals surface area (Å²) in [6, 6.07) is 6.83. The predicted octanol–water partition coefficient (Wildman–Crippen LogP) is 3.73. The second-order valence-corrected chi connectivity index (χ2v) is 10.3. The molecule has 1 fully saturated rings. The van der Waals surface area contributed by atoms with Crippen LogP contribution in [0.4, 0.5) is 14.5 Å². The van der Waals surface area contributed by atoms with Crippen LogP contribution in [0.2, 0.25) is 0 Å². The molecule has 2 N–H and O–H groups in total. The largest absolute Gasteiger partial charge is 0.434 e. The van der Waals surface area contributed by atoms with E-state index in [4.69, 9.17) is 4.74 Å². The van der Waals surface area contributed by atoms with Crippen molar-refractivity contribution in [3.63, 3.8) is 0 Å². The molecule has 0 unspecified atom stereocenters. The summed E-state index contributed by atoms with van der Waals surface area (Å²) in [4.78, 5) is 18.4. The molecule has 0 radical (unpaired) electrons. The fraction of sp³-hybridized carbons (Fsp3) is 0.308. The Hall–Kier alpha value is -4.37. The zero-order valence-corrected chi connectivity index (χ0v) is 22.8. The molecule has 0 saturated carbocycles. The summed E-state index contributed by atoms with van der Waals surface area (Å²) in [5.74, 6) is -0.540. The SMILES string of the molecule is CSc1ccc(OC(F)F)c(-c2nn(Cc3cn(C4CCNCC4)nn3)cc2NC(=O)c2cnn3cccnc23)c1. The maximum absolute atomic E-state index is 13.4. The number of carbonyl (C=O) groups excluding carboxylic acids is 1. The van der Waals surface area contributed by atoms with E-state index in [9.17, 15) is 13.6 Å². The van der Waals surface area contributed by atoms with E-state index in [1.807, 2.05) is 17.1 Å². The van der Waals surface area contributed by atoms with Crippen molar-refractivity contribution < 1.29 is 18.3 Å². The molecule has 1 amide bonds. The van der Waals surface area contributed by atoms with Gasteiger partial charge in [0.25, 0.3) is 5.91 Å². The van der Waals surface area contributed by atoms with Crippen LogP contribution in [-0.4, -0.2) is 71.2 Å². The highest BCUT2D eigenvalue weighted by atomic mass is 32.2. The zero-order valence-electron chi connectivity index (χ0n) is 21.9. The van der Waals surface area contributed by atoms with Crippen molar-refractivity contribution in [2.75, 3.05) is 24.7 Å². The molecule has 1 aliphatic rings. The first-order chi connectivity index (χ1) is 20.0. The first-order valence-corrected chi connectivity index (χ1v) is 14.1. The average molecular weight is 581 g/mol. The maximum atomic E-state index is 13.4. The number of alkyl halides is 2. The Labute approximate surface area is 237 Å². The van der Waals surface area contributed by atoms with Gasteiger partial charge in [-0.2, -0.15) is 19.0 Å². The summed E-state index contributed by atoms with van der Waals surface area (Å²) < 4.78 is 36.4. The summed E-state index contributed by atoms with van der Waals surface area (Å²) in [5, 5.41) is 23.7. The van der Waals surface area contributed by atoms with Crippen molar-refractivity contribution in [1.82, 2.24) is 44.7 Å². The number of thioether (sulfide) groups is 1. The van der Waals surface area contributed by atoms with Gasteiger partial charge in [-0.25, -0.2) is 14.2 Å². The number of nitrogens with zero attached hydrogens (tertiary/aromatic N) is 8. The number of halogens is 2.